The van der Waals surface area contributed by atoms with E-state index < -0.39 is 5.79 Å². The van der Waals surface area contributed by atoms with E-state index in [0.717, 1.165) is 23.2 Å². The summed E-state index contributed by atoms with van der Waals surface area (Å²) < 4.78 is 11.6. The Morgan fingerprint density at radius 1 is 1.31 bits per heavy atom. The van der Waals surface area contributed by atoms with E-state index in [4.69, 9.17) is 21.1 Å². The third-order valence-electron chi connectivity index (χ3n) is 2.88. The first kappa shape index (κ1) is 12.2. The van der Waals surface area contributed by atoms with Crippen molar-refractivity contribution in [3.8, 4) is 0 Å². The summed E-state index contributed by atoms with van der Waals surface area (Å²) in [5, 5.41) is 0.713. The van der Waals surface area contributed by atoms with Crippen LogP contribution in [-0.2, 0) is 9.47 Å². The molecule has 0 aromatic heterocycles. The second-order valence-electron chi connectivity index (χ2n) is 3.77. The summed E-state index contributed by atoms with van der Waals surface area (Å²) in [6.45, 7) is 1.44. The first-order valence-corrected chi connectivity index (χ1v) is 6.07. The van der Waals surface area contributed by atoms with Crippen LogP contribution in [0.2, 0.25) is 5.02 Å². The van der Waals surface area contributed by atoms with Gasteiger partial charge in [0, 0.05) is 24.4 Å². The number of anilines is 1. The Hall–Kier alpha value is -0.290. The predicted molar refractivity (Wildman–Crippen MR) is 68.1 cm³/mol. The summed E-state index contributed by atoms with van der Waals surface area (Å²) in [7, 11) is 3.32. The van der Waals surface area contributed by atoms with Crippen LogP contribution in [0.4, 0.5) is 5.69 Å². The van der Waals surface area contributed by atoms with Gasteiger partial charge in [-0.3, -0.25) is 0 Å². The topological polar surface area (TPSA) is 21.7 Å². The van der Waals surface area contributed by atoms with Gasteiger partial charge in [-0.15, -0.1) is 0 Å². The highest BCUT2D eigenvalue weighted by molar-refractivity contribution is 9.10. The van der Waals surface area contributed by atoms with Crippen LogP contribution in [0, 0.1) is 0 Å². The van der Waals surface area contributed by atoms with Crippen molar-refractivity contribution in [3.63, 3.8) is 0 Å². The summed E-state index contributed by atoms with van der Waals surface area (Å²) in [5.74, 6) is -0.459. The fraction of sp³-hybridized carbons (Fsp3) is 0.455. The molecule has 16 heavy (non-hydrogen) atoms. The Kier molecular flexibility index (Phi) is 3.45. The lowest BCUT2D eigenvalue weighted by Gasteiger charge is -2.48. The number of nitrogens with zero attached hydrogens (tertiary/aromatic N) is 1. The van der Waals surface area contributed by atoms with Gasteiger partial charge < -0.3 is 14.4 Å². The van der Waals surface area contributed by atoms with E-state index in [1.54, 1.807) is 14.2 Å². The lowest BCUT2D eigenvalue weighted by atomic mass is 10.1. The van der Waals surface area contributed by atoms with Gasteiger partial charge >= 0.3 is 0 Å². The van der Waals surface area contributed by atoms with Gasteiger partial charge in [0.25, 0.3) is 0 Å². The minimum atomic E-state index is -0.459. The molecule has 0 bridgehead atoms. The molecule has 0 saturated carbocycles. The van der Waals surface area contributed by atoms with Gasteiger partial charge in [0.1, 0.15) is 0 Å². The van der Waals surface area contributed by atoms with Crippen LogP contribution in [0.25, 0.3) is 0 Å². The van der Waals surface area contributed by atoms with Crippen molar-refractivity contribution in [2.45, 2.75) is 5.79 Å². The number of rotatable bonds is 3. The summed E-state index contributed by atoms with van der Waals surface area (Å²) in [4.78, 5) is 2.16. The van der Waals surface area contributed by atoms with Crippen LogP contribution in [0.1, 0.15) is 0 Å². The van der Waals surface area contributed by atoms with Gasteiger partial charge in [-0.05, 0) is 34.1 Å². The monoisotopic (exact) mass is 305 g/mol. The molecule has 1 fully saturated rings. The normalized spacial score (nSPS) is 18.4. The van der Waals surface area contributed by atoms with Crippen LogP contribution in [-0.4, -0.2) is 33.1 Å². The summed E-state index contributed by atoms with van der Waals surface area (Å²) in [6, 6.07) is 5.89. The third-order valence-corrected chi connectivity index (χ3v) is 4.11. The van der Waals surface area contributed by atoms with Crippen molar-refractivity contribution < 1.29 is 9.47 Å². The molecule has 0 unspecified atom stereocenters. The number of methoxy groups -OCH3 is 2. The number of ether oxygens (including phenoxy) is 2. The molecule has 0 spiro atoms. The second-order valence-corrected chi connectivity index (χ2v) is 5.03. The highest BCUT2D eigenvalue weighted by atomic mass is 79.9. The number of hydrogen-bond acceptors (Lipinski definition) is 3. The maximum atomic E-state index is 6.04. The van der Waals surface area contributed by atoms with Crippen molar-refractivity contribution in [2.24, 2.45) is 0 Å². The molecule has 0 atom stereocenters. The zero-order valence-electron chi connectivity index (χ0n) is 9.17. The maximum absolute atomic E-state index is 6.04. The average molecular weight is 307 g/mol. The standard InChI is InChI=1S/C11H13BrClNO2/c1-15-11(16-2)6-14(7-11)8-3-4-9(12)10(13)5-8/h3-5H,6-7H2,1-2H3. The highest BCUT2D eigenvalue weighted by Gasteiger charge is 2.43. The Morgan fingerprint density at radius 3 is 2.44 bits per heavy atom. The van der Waals surface area contributed by atoms with Crippen molar-refractivity contribution in [1.29, 1.82) is 0 Å². The van der Waals surface area contributed by atoms with Crippen LogP contribution >= 0.6 is 27.5 Å². The van der Waals surface area contributed by atoms with E-state index in [1.807, 2.05) is 18.2 Å². The average Bonchev–Trinajstić information content (AvgIpc) is 2.23. The summed E-state index contributed by atoms with van der Waals surface area (Å²) >= 11 is 9.41. The Bertz CT molecular complexity index is 388. The molecule has 2 rings (SSSR count). The van der Waals surface area contributed by atoms with Gasteiger partial charge in [-0.25, -0.2) is 0 Å². The van der Waals surface area contributed by atoms with E-state index in [9.17, 15) is 0 Å². The zero-order valence-corrected chi connectivity index (χ0v) is 11.5. The van der Waals surface area contributed by atoms with Crippen LogP contribution in [0.15, 0.2) is 22.7 Å². The first-order valence-electron chi connectivity index (χ1n) is 4.90. The van der Waals surface area contributed by atoms with Crippen molar-refractivity contribution >= 4 is 33.2 Å². The van der Waals surface area contributed by atoms with E-state index in [0.29, 0.717) is 5.02 Å². The molecule has 1 aliphatic heterocycles. The quantitative estimate of drug-likeness (QED) is 0.802. The van der Waals surface area contributed by atoms with Crippen LogP contribution in [0.5, 0.6) is 0 Å². The molecule has 88 valence electrons. The number of benzene rings is 1. The SMILES string of the molecule is COC1(OC)CN(c2ccc(Br)c(Cl)c2)C1. The lowest BCUT2D eigenvalue weighted by molar-refractivity contribution is -0.219. The van der Waals surface area contributed by atoms with Gasteiger partial charge in [-0.1, -0.05) is 11.6 Å². The Balaban J connectivity index is 2.09. The van der Waals surface area contributed by atoms with E-state index in [-0.39, 0.29) is 0 Å². The fourth-order valence-electron chi connectivity index (χ4n) is 1.74. The maximum Gasteiger partial charge on any atom is 0.203 e. The molecule has 0 aliphatic carbocycles. The molecule has 5 heteroatoms. The highest BCUT2D eigenvalue weighted by Crippen LogP contribution is 2.34. The molecule has 1 aliphatic rings. The summed E-state index contributed by atoms with van der Waals surface area (Å²) in [6.07, 6.45) is 0. The Morgan fingerprint density at radius 2 is 1.94 bits per heavy atom. The predicted octanol–water partition coefficient (Wildman–Crippen LogP) is 2.91. The fourth-order valence-corrected chi connectivity index (χ4v) is 2.16. The zero-order chi connectivity index (χ0) is 11.8. The van der Waals surface area contributed by atoms with Crippen LogP contribution < -0.4 is 4.90 Å². The van der Waals surface area contributed by atoms with E-state index in [2.05, 4.69) is 20.8 Å². The number of halogens is 2. The number of hydrogen-bond donors (Lipinski definition) is 0. The molecule has 1 heterocycles. The smallest absolute Gasteiger partial charge is 0.203 e. The minimum Gasteiger partial charge on any atom is -0.361 e. The molecule has 0 radical (unpaired) electrons. The van der Waals surface area contributed by atoms with Crippen molar-refractivity contribution in [3.05, 3.63) is 27.7 Å². The molecule has 0 amide bonds. The minimum absolute atomic E-state index is 0.459. The third kappa shape index (κ3) is 2.07. The molecule has 0 N–H and O–H groups in total. The van der Waals surface area contributed by atoms with Gasteiger partial charge in [0.2, 0.25) is 5.79 Å². The van der Waals surface area contributed by atoms with Gasteiger partial charge in [0.15, 0.2) is 0 Å². The van der Waals surface area contributed by atoms with Crippen LogP contribution in [0.3, 0.4) is 0 Å². The molecule has 1 aromatic rings. The van der Waals surface area contributed by atoms with Gasteiger partial charge in [-0.2, -0.15) is 0 Å². The molecule has 1 saturated heterocycles. The molecule has 3 nitrogen and oxygen atoms in total. The molecular weight excluding hydrogens is 293 g/mol. The Labute approximate surface area is 108 Å². The lowest BCUT2D eigenvalue weighted by Crippen LogP contribution is -2.64. The van der Waals surface area contributed by atoms with Gasteiger partial charge in [0.05, 0.1) is 18.1 Å². The van der Waals surface area contributed by atoms with E-state index >= 15 is 0 Å². The second kappa shape index (κ2) is 4.53. The summed E-state index contributed by atoms with van der Waals surface area (Å²) in [5.41, 5.74) is 1.08. The van der Waals surface area contributed by atoms with E-state index in [1.165, 1.54) is 0 Å². The van der Waals surface area contributed by atoms with Crippen molar-refractivity contribution in [2.75, 3.05) is 32.2 Å². The van der Waals surface area contributed by atoms with Crippen molar-refractivity contribution in [1.82, 2.24) is 0 Å². The molecule has 1 aromatic carbocycles. The largest absolute Gasteiger partial charge is 0.361 e. The first-order chi connectivity index (χ1) is 7.60. The molecular formula is C11H13BrClNO2.